The van der Waals surface area contributed by atoms with Crippen molar-refractivity contribution < 1.29 is 24.0 Å². The monoisotopic (exact) mass is 614 g/mol. The van der Waals surface area contributed by atoms with Gasteiger partial charge in [-0.3, -0.25) is 39.1 Å². The molecule has 1 atom stereocenters. The van der Waals surface area contributed by atoms with Crippen LogP contribution >= 0.6 is 0 Å². The zero-order chi connectivity index (χ0) is 31.8. The van der Waals surface area contributed by atoms with E-state index in [4.69, 9.17) is 0 Å². The molecule has 1 unspecified atom stereocenters. The minimum absolute atomic E-state index is 0.0448. The third kappa shape index (κ3) is 5.93. The molecule has 0 aromatic heterocycles. The number of carbonyl (C=O) groups is 5. The lowest BCUT2D eigenvalue weighted by Crippen LogP contribution is -2.54. The second-order valence-corrected chi connectivity index (χ2v) is 12.3. The van der Waals surface area contributed by atoms with Crippen LogP contribution in [0.15, 0.2) is 84.9 Å². The Labute approximate surface area is 266 Å². The number of hydrogen-bond donors (Lipinski definition) is 2. The van der Waals surface area contributed by atoms with Gasteiger partial charge < -0.3 is 5.32 Å². The molecular weight excluding hydrogens is 580 g/mol. The summed E-state index contributed by atoms with van der Waals surface area (Å²) in [6, 6.07) is 27.2. The van der Waals surface area contributed by atoms with Crippen LogP contribution in [0.3, 0.4) is 0 Å². The van der Waals surface area contributed by atoms with Crippen LogP contribution in [-0.2, 0) is 29.1 Å². The van der Waals surface area contributed by atoms with Crippen molar-refractivity contribution in [2.45, 2.75) is 57.3 Å². The van der Waals surface area contributed by atoms with Crippen molar-refractivity contribution in [2.24, 2.45) is 0 Å². The molecule has 232 valence electrons. The van der Waals surface area contributed by atoms with Gasteiger partial charge in [-0.1, -0.05) is 66.7 Å². The van der Waals surface area contributed by atoms with E-state index in [2.05, 4.69) is 70.1 Å². The van der Waals surface area contributed by atoms with Gasteiger partial charge in [0, 0.05) is 37.7 Å². The van der Waals surface area contributed by atoms with Gasteiger partial charge in [0.1, 0.15) is 6.04 Å². The number of amides is 5. The fourth-order valence-corrected chi connectivity index (χ4v) is 6.50. The minimum atomic E-state index is -1.05. The third-order valence-electron chi connectivity index (χ3n) is 9.18. The highest BCUT2D eigenvalue weighted by molar-refractivity contribution is 6.24. The normalized spacial score (nSPS) is 17.8. The summed E-state index contributed by atoms with van der Waals surface area (Å²) >= 11 is 0. The van der Waals surface area contributed by atoms with Crippen molar-refractivity contribution >= 4 is 40.3 Å². The van der Waals surface area contributed by atoms with Crippen molar-refractivity contribution in [2.75, 3.05) is 6.54 Å². The van der Waals surface area contributed by atoms with Gasteiger partial charge in [-0.15, -0.1) is 0 Å². The van der Waals surface area contributed by atoms with Gasteiger partial charge in [0.2, 0.25) is 11.8 Å². The molecule has 4 aromatic carbocycles. The Hall–Kier alpha value is -5.15. The first-order valence-electron chi connectivity index (χ1n) is 15.8. The van der Waals surface area contributed by atoms with E-state index in [-0.39, 0.29) is 35.4 Å². The van der Waals surface area contributed by atoms with E-state index < -0.39 is 29.7 Å². The first-order chi connectivity index (χ1) is 22.4. The molecule has 3 aliphatic rings. The Bertz CT molecular complexity index is 1880. The first-order valence-corrected chi connectivity index (χ1v) is 15.8. The van der Waals surface area contributed by atoms with E-state index in [9.17, 15) is 24.0 Å². The van der Waals surface area contributed by atoms with Gasteiger partial charge in [0.25, 0.3) is 17.7 Å². The Morgan fingerprint density at radius 2 is 1.57 bits per heavy atom. The van der Waals surface area contributed by atoms with Gasteiger partial charge in [-0.25, -0.2) is 0 Å². The molecule has 1 saturated heterocycles. The number of benzene rings is 4. The third-order valence-corrected chi connectivity index (χ3v) is 9.18. The second kappa shape index (κ2) is 12.3. The van der Waals surface area contributed by atoms with Crippen molar-refractivity contribution in [3.8, 4) is 0 Å². The van der Waals surface area contributed by atoms with Crippen LogP contribution in [0.5, 0.6) is 0 Å². The molecule has 7 rings (SSSR count). The summed E-state index contributed by atoms with van der Waals surface area (Å²) < 4.78 is 0. The van der Waals surface area contributed by atoms with Crippen LogP contribution < -0.4 is 10.6 Å². The number of piperidine rings is 1. The molecule has 0 radical (unpaired) electrons. The zero-order valence-electron chi connectivity index (χ0n) is 25.3. The van der Waals surface area contributed by atoms with Crippen LogP contribution in [0.4, 0.5) is 0 Å². The van der Waals surface area contributed by atoms with E-state index in [1.807, 2.05) is 12.1 Å². The summed E-state index contributed by atoms with van der Waals surface area (Å²) in [5.41, 5.74) is 4.00. The summed E-state index contributed by atoms with van der Waals surface area (Å²) in [6.45, 7) is 2.18. The lowest BCUT2D eigenvalue weighted by Gasteiger charge is -2.27. The molecule has 4 aromatic rings. The highest BCUT2D eigenvalue weighted by atomic mass is 16.2. The largest absolute Gasteiger partial charge is 0.348 e. The van der Waals surface area contributed by atoms with Crippen LogP contribution in [-0.4, -0.2) is 58.0 Å². The van der Waals surface area contributed by atoms with Gasteiger partial charge in [-0.2, -0.15) is 0 Å². The molecule has 9 heteroatoms. The van der Waals surface area contributed by atoms with Crippen LogP contribution in [0.25, 0.3) is 10.8 Å². The molecule has 46 heavy (non-hydrogen) atoms. The number of nitrogens with zero attached hydrogens (tertiary/aromatic N) is 2. The molecule has 0 spiro atoms. The predicted molar refractivity (Wildman–Crippen MR) is 172 cm³/mol. The topological polar surface area (TPSA) is 116 Å². The number of imide groups is 2. The zero-order valence-corrected chi connectivity index (χ0v) is 25.3. The van der Waals surface area contributed by atoms with Crippen molar-refractivity contribution in [1.82, 2.24) is 20.4 Å². The van der Waals surface area contributed by atoms with E-state index in [1.165, 1.54) is 52.9 Å². The van der Waals surface area contributed by atoms with E-state index >= 15 is 0 Å². The maximum absolute atomic E-state index is 13.1. The molecule has 2 aliphatic heterocycles. The average molecular weight is 615 g/mol. The van der Waals surface area contributed by atoms with E-state index in [0.717, 1.165) is 30.0 Å². The average Bonchev–Trinajstić information content (AvgIpc) is 3.89. The fourth-order valence-electron chi connectivity index (χ4n) is 6.50. The van der Waals surface area contributed by atoms with Crippen LogP contribution in [0.2, 0.25) is 0 Å². The summed E-state index contributed by atoms with van der Waals surface area (Å²) in [6.07, 6.45) is 3.59. The molecule has 0 bridgehead atoms. The van der Waals surface area contributed by atoms with Crippen LogP contribution in [0.1, 0.15) is 73.4 Å². The molecule has 1 saturated carbocycles. The second-order valence-electron chi connectivity index (χ2n) is 12.3. The molecule has 1 aliphatic carbocycles. The number of rotatable bonds is 10. The smallest absolute Gasteiger partial charge is 0.262 e. The van der Waals surface area contributed by atoms with E-state index in [0.29, 0.717) is 12.6 Å². The Morgan fingerprint density at radius 3 is 2.35 bits per heavy atom. The number of fused-ring (bicyclic) bond motifs is 2. The molecule has 2 N–H and O–H groups in total. The standard InChI is InChI=1S/C37H34N4O5/c42-33-17-16-32(35(44)39-33)41-36(45)30-15-12-27(20-31(30)37(41)46)34(43)38-21-23-8-10-24(11-9-23)22-40(28-13-14-28)19-18-26-6-3-5-25-4-1-2-7-29(25)26/h1-12,15,20,28,32H,13-14,16-19,21-22H2,(H,38,43)(H,39,42,44). The summed E-state index contributed by atoms with van der Waals surface area (Å²) in [7, 11) is 0. The molecule has 9 nitrogen and oxygen atoms in total. The van der Waals surface area contributed by atoms with Gasteiger partial charge in [-0.05, 0) is 71.3 Å². The molecule has 2 heterocycles. The number of hydrogen-bond acceptors (Lipinski definition) is 6. The molecule has 5 amide bonds. The Balaban J connectivity index is 0.952. The van der Waals surface area contributed by atoms with Crippen molar-refractivity contribution in [3.05, 3.63) is 118 Å². The van der Waals surface area contributed by atoms with Crippen molar-refractivity contribution in [3.63, 3.8) is 0 Å². The van der Waals surface area contributed by atoms with Gasteiger partial charge in [0.05, 0.1) is 11.1 Å². The summed E-state index contributed by atoms with van der Waals surface area (Å²) in [5.74, 6) is -2.72. The van der Waals surface area contributed by atoms with Crippen LogP contribution in [0, 0.1) is 0 Å². The fraction of sp³-hybridized carbons (Fsp3) is 0.270. The maximum atomic E-state index is 13.1. The molecular formula is C37H34N4O5. The van der Waals surface area contributed by atoms with E-state index in [1.54, 1.807) is 0 Å². The van der Waals surface area contributed by atoms with Gasteiger partial charge >= 0.3 is 0 Å². The Kier molecular flexibility index (Phi) is 7.92. The Morgan fingerprint density at radius 1 is 0.826 bits per heavy atom. The quantitative estimate of drug-likeness (QED) is 0.256. The minimum Gasteiger partial charge on any atom is -0.348 e. The number of nitrogens with one attached hydrogen (secondary N) is 2. The lowest BCUT2D eigenvalue weighted by atomic mass is 10.0. The predicted octanol–water partition coefficient (Wildman–Crippen LogP) is 4.38. The maximum Gasteiger partial charge on any atom is 0.262 e. The van der Waals surface area contributed by atoms with Gasteiger partial charge in [0.15, 0.2) is 0 Å². The SMILES string of the molecule is O=C1CCC(N2C(=O)c3ccc(C(=O)NCc4ccc(CN(CCc5cccc6ccccc56)C5CC5)cc4)cc3C2=O)C(=O)N1. The number of carbonyl (C=O) groups excluding carboxylic acids is 5. The summed E-state index contributed by atoms with van der Waals surface area (Å²) in [5, 5.41) is 7.68. The molecule has 2 fully saturated rings. The summed E-state index contributed by atoms with van der Waals surface area (Å²) in [4.78, 5) is 66.4. The van der Waals surface area contributed by atoms with Crippen molar-refractivity contribution in [1.29, 1.82) is 0 Å². The first kappa shape index (κ1) is 29.6. The lowest BCUT2D eigenvalue weighted by molar-refractivity contribution is -0.136. The highest BCUT2D eigenvalue weighted by Crippen LogP contribution is 2.30. The highest BCUT2D eigenvalue weighted by Gasteiger charge is 2.44.